The summed E-state index contributed by atoms with van der Waals surface area (Å²) in [5, 5.41) is 9.45. The Morgan fingerprint density at radius 1 is 1.33 bits per heavy atom. The van der Waals surface area contributed by atoms with Gasteiger partial charge in [-0.3, -0.25) is 4.42 Å². The molecule has 0 aliphatic carbocycles. The summed E-state index contributed by atoms with van der Waals surface area (Å²) >= 11 is 5.89. The number of fused-ring (bicyclic) bond motifs is 1. The molecule has 1 aromatic rings. The third kappa shape index (κ3) is 1.04. The molecule has 1 N–H and O–H groups in total. The molecule has 3 heteroatoms. The molecule has 1 aliphatic rings. The molecule has 2 nitrogen and oxygen atoms in total. The summed E-state index contributed by atoms with van der Waals surface area (Å²) in [4.78, 5) is 0. The van der Waals surface area contributed by atoms with Crippen molar-refractivity contribution in [3.63, 3.8) is 0 Å². The van der Waals surface area contributed by atoms with Crippen molar-refractivity contribution in [3.8, 4) is 0 Å². The summed E-state index contributed by atoms with van der Waals surface area (Å²) in [7, 11) is 0. The van der Waals surface area contributed by atoms with Crippen LogP contribution >= 0.6 is 11.8 Å². The Balaban J connectivity index is 2.58. The van der Waals surface area contributed by atoms with Crippen LogP contribution in [0.25, 0.3) is 5.76 Å². The van der Waals surface area contributed by atoms with E-state index in [2.05, 4.69) is 0 Å². The van der Waals surface area contributed by atoms with E-state index in [1.807, 2.05) is 24.3 Å². The van der Waals surface area contributed by atoms with Crippen molar-refractivity contribution in [3.05, 3.63) is 35.9 Å². The van der Waals surface area contributed by atoms with Crippen molar-refractivity contribution in [2.24, 2.45) is 0 Å². The Kier molecular flexibility index (Phi) is 1.70. The van der Waals surface area contributed by atoms with Gasteiger partial charge in [-0.25, -0.2) is 0 Å². The van der Waals surface area contributed by atoms with E-state index < -0.39 is 0 Å². The number of anilines is 1. The smallest absolute Gasteiger partial charge is 0.122 e. The number of aliphatic hydroxyl groups is 1. The van der Waals surface area contributed by atoms with Crippen molar-refractivity contribution < 1.29 is 5.11 Å². The number of rotatable bonds is 0. The third-order valence-corrected chi connectivity index (χ3v) is 2.21. The monoisotopic (exact) mass is 181 g/mol. The van der Waals surface area contributed by atoms with Gasteiger partial charge >= 0.3 is 0 Å². The zero-order chi connectivity index (χ0) is 8.55. The van der Waals surface area contributed by atoms with Crippen LogP contribution in [0.4, 0.5) is 5.69 Å². The van der Waals surface area contributed by atoms with Gasteiger partial charge in [0, 0.05) is 17.3 Å². The Morgan fingerprint density at radius 3 is 2.83 bits per heavy atom. The van der Waals surface area contributed by atoms with Gasteiger partial charge < -0.3 is 5.11 Å². The van der Waals surface area contributed by atoms with Crippen LogP contribution in [0.5, 0.6) is 0 Å². The molecule has 0 amide bonds. The van der Waals surface area contributed by atoms with E-state index in [0.717, 1.165) is 11.3 Å². The maximum Gasteiger partial charge on any atom is 0.122 e. The quantitative estimate of drug-likeness (QED) is 0.622. The first kappa shape index (κ1) is 7.50. The highest BCUT2D eigenvalue weighted by molar-refractivity contribution is 6.26. The van der Waals surface area contributed by atoms with Gasteiger partial charge in [-0.2, -0.15) is 0 Å². The Morgan fingerprint density at radius 2 is 2.08 bits per heavy atom. The minimum absolute atomic E-state index is 0.308. The van der Waals surface area contributed by atoms with Crippen LogP contribution in [-0.4, -0.2) is 11.7 Å². The number of para-hydroxylation sites is 1. The Labute approximate surface area is 75.8 Å². The maximum absolute atomic E-state index is 9.45. The third-order valence-electron chi connectivity index (χ3n) is 1.89. The normalized spacial score (nSPS) is 15.4. The molecule has 62 valence electrons. The fourth-order valence-electron chi connectivity index (χ4n) is 1.28. The predicted octanol–water partition coefficient (Wildman–Crippen LogP) is 2.56. The topological polar surface area (TPSA) is 23.5 Å². The second-order valence-corrected chi connectivity index (χ2v) is 3.06. The highest BCUT2D eigenvalue weighted by Crippen LogP contribution is 2.30. The van der Waals surface area contributed by atoms with E-state index in [4.69, 9.17) is 11.8 Å². The summed E-state index contributed by atoms with van der Waals surface area (Å²) in [6.07, 6.45) is 1.69. The largest absolute Gasteiger partial charge is 0.508 e. The van der Waals surface area contributed by atoms with Crippen LogP contribution in [-0.2, 0) is 0 Å². The second kappa shape index (κ2) is 2.72. The average molecular weight is 182 g/mol. The molecule has 1 heterocycles. The van der Waals surface area contributed by atoms with Crippen molar-refractivity contribution in [2.45, 2.75) is 0 Å². The number of aliphatic hydroxyl groups excluding tert-OH is 1. The molecule has 0 fully saturated rings. The van der Waals surface area contributed by atoms with Crippen LogP contribution in [0, 0.1) is 0 Å². The molecule has 0 radical (unpaired) electrons. The van der Waals surface area contributed by atoms with E-state index in [9.17, 15) is 5.11 Å². The van der Waals surface area contributed by atoms with E-state index >= 15 is 0 Å². The van der Waals surface area contributed by atoms with Gasteiger partial charge in [0.1, 0.15) is 5.76 Å². The molecule has 0 atom stereocenters. The van der Waals surface area contributed by atoms with Gasteiger partial charge in [-0.15, -0.1) is 0 Å². The van der Waals surface area contributed by atoms with Crippen molar-refractivity contribution in [1.29, 1.82) is 0 Å². The molecule has 2 rings (SSSR count). The molecule has 12 heavy (non-hydrogen) atoms. The fourth-order valence-corrected chi connectivity index (χ4v) is 1.49. The van der Waals surface area contributed by atoms with Crippen LogP contribution in [0.2, 0.25) is 0 Å². The molecule has 1 aromatic carbocycles. The first-order valence-corrected chi connectivity index (χ1v) is 4.04. The van der Waals surface area contributed by atoms with Crippen LogP contribution in [0.3, 0.4) is 0 Å². The van der Waals surface area contributed by atoms with Gasteiger partial charge in [-0.1, -0.05) is 12.1 Å². The lowest BCUT2D eigenvalue weighted by Crippen LogP contribution is -2.15. The summed E-state index contributed by atoms with van der Waals surface area (Å²) in [5.41, 5.74) is 1.65. The van der Waals surface area contributed by atoms with Crippen molar-refractivity contribution in [2.75, 3.05) is 11.0 Å². The minimum Gasteiger partial charge on any atom is -0.508 e. The van der Waals surface area contributed by atoms with Gasteiger partial charge in [0.15, 0.2) is 0 Å². The number of hydrogen-bond acceptors (Lipinski definition) is 2. The van der Waals surface area contributed by atoms with Crippen molar-refractivity contribution in [1.82, 2.24) is 0 Å². The lowest BCUT2D eigenvalue weighted by Gasteiger charge is -2.21. The van der Waals surface area contributed by atoms with Crippen LogP contribution in [0.15, 0.2) is 30.3 Å². The summed E-state index contributed by atoms with van der Waals surface area (Å²) in [6.45, 7) is 0.546. The molecular formula is C9H8ClNO. The molecular weight excluding hydrogens is 174 g/mol. The summed E-state index contributed by atoms with van der Waals surface area (Å²) in [5.74, 6) is 0.308. The molecule has 0 bridgehead atoms. The zero-order valence-electron chi connectivity index (χ0n) is 6.37. The lowest BCUT2D eigenvalue weighted by atomic mass is 10.1. The van der Waals surface area contributed by atoms with E-state index in [-0.39, 0.29) is 0 Å². The van der Waals surface area contributed by atoms with E-state index in [1.54, 1.807) is 10.5 Å². The standard InChI is InChI=1S/C9H8ClNO/c10-11-6-5-9(12)7-3-1-2-4-8(7)11/h1-5,12H,6H2. The number of benzene rings is 1. The first-order valence-electron chi connectivity index (χ1n) is 3.71. The molecule has 0 spiro atoms. The SMILES string of the molecule is OC1=CCN(Cl)c2ccccc21. The molecule has 0 saturated heterocycles. The average Bonchev–Trinajstić information content (AvgIpc) is 2.12. The number of nitrogens with zero attached hydrogens (tertiary/aromatic N) is 1. The first-order chi connectivity index (χ1) is 5.79. The van der Waals surface area contributed by atoms with E-state index in [0.29, 0.717) is 12.3 Å². The van der Waals surface area contributed by atoms with Crippen LogP contribution < -0.4 is 4.42 Å². The molecule has 0 aromatic heterocycles. The van der Waals surface area contributed by atoms with Gasteiger partial charge in [0.05, 0.1) is 12.2 Å². The Bertz CT molecular complexity index is 335. The van der Waals surface area contributed by atoms with E-state index in [1.165, 1.54) is 0 Å². The predicted molar refractivity (Wildman–Crippen MR) is 50.2 cm³/mol. The molecule has 0 unspecified atom stereocenters. The number of halogens is 1. The lowest BCUT2D eigenvalue weighted by molar-refractivity contribution is 0.509. The van der Waals surface area contributed by atoms with Crippen molar-refractivity contribution >= 4 is 23.2 Å². The van der Waals surface area contributed by atoms with Crippen LogP contribution in [0.1, 0.15) is 5.56 Å². The summed E-state index contributed by atoms with van der Waals surface area (Å²) < 4.78 is 1.58. The summed E-state index contributed by atoms with van der Waals surface area (Å²) in [6, 6.07) is 7.49. The fraction of sp³-hybridized carbons (Fsp3) is 0.111. The Hall–Kier alpha value is -1.15. The second-order valence-electron chi connectivity index (χ2n) is 2.65. The number of hydrogen-bond donors (Lipinski definition) is 1. The van der Waals surface area contributed by atoms with Gasteiger partial charge in [-0.05, 0) is 18.2 Å². The highest BCUT2D eigenvalue weighted by atomic mass is 35.5. The molecule has 1 aliphatic heterocycles. The molecule has 0 saturated carbocycles. The highest BCUT2D eigenvalue weighted by Gasteiger charge is 2.15. The van der Waals surface area contributed by atoms with Gasteiger partial charge in [0.25, 0.3) is 0 Å². The zero-order valence-corrected chi connectivity index (χ0v) is 7.12. The minimum atomic E-state index is 0.308. The van der Waals surface area contributed by atoms with Gasteiger partial charge in [0.2, 0.25) is 0 Å². The maximum atomic E-state index is 9.45.